The Bertz CT molecular complexity index is 219. The third-order valence-corrected chi connectivity index (χ3v) is 2.16. The van der Waals surface area contributed by atoms with Crippen molar-refractivity contribution in [1.29, 1.82) is 0 Å². The molecule has 0 aromatic heterocycles. The highest BCUT2D eigenvalue weighted by molar-refractivity contribution is 5.71. The van der Waals surface area contributed by atoms with Gasteiger partial charge in [-0.1, -0.05) is 0 Å². The van der Waals surface area contributed by atoms with E-state index in [1.165, 1.54) is 0 Å². The minimum absolute atomic E-state index is 0.212. The summed E-state index contributed by atoms with van der Waals surface area (Å²) in [6, 6.07) is 0.259. The molecular weight excluding hydrogens is 196 g/mol. The number of carbonyl (C=O) groups is 1. The Balaban J connectivity index is 2.09. The number of hydrogen-bond acceptors (Lipinski definition) is 5. The van der Waals surface area contributed by atoms with Crippen LogP contribution in [0.2, 0.25) is 0 Å². The molecule has 0 saturated carbocycles. The summed E-state index contributed by atoms with van der Waals surface area (Å²) in [5.41, 5.74) is -0.254. The van der Waals surface area contributed by atoms with Gasteiger partial charge in [0.15, 0.2) is 0 Å². The molecule has 0 unspecified atom stereocenters. The monoisotopic (exact) mass is 216 g/mol. The van der Waals surface area contributed by atoms with E-state index in [-0.39, 0.29) is 24.3 Å². The van der Waals surface area contributed by atoms with Gasteiger partial charge in [-0.2, -0.15) is 0 Å². The van der Waals surface area contributed by atoms with Crippen LogP contribution in [0.25, 0.3) is 0 Å². The molecule has 0 amide bonds. The van der Waals surface area contributed by atoms with E-state index in [0.29, 0.717) is 19.8 Å². The normalized spacial score (nSPS) is 24.1. The van der Waals surface area contributed by atoms with Crippen LogP contribution in [-0.2, 0) is 14.3 Å². The summed E-state index contributed by atoms with van der Waals surface area (Å²) in [7, 11) is 0. The summed E-state index contributed by atoms with van der Waals surface area (Å²) in [5, 5.41) is 6.33. The average Bonchev–Trinajstić information content (AvgIpc) is 2.46. The first-order valence-electron chi connectivity index (χ1n) is 5.31. The van der Waals surface area contributed by atoms with Crippen LogP contribution in [0.5, 0.6) is 0 Å². The molecule has 0 bridgehead atoms. The summed E-state index contributed by atoms with van der Waals surface area (Å²) in [4.78, 5) is 11.0. The lowest BCUT2D eigenvalue weighted by Gasteiger charge is -2.18. The lowest BCUT2D eigenvalue weighted by atomic mass is 10.3. The highest BCUT2D eigenvalue weighted by atomic mass is 16.5. The second-order valence-electron chi connectivity index (χ2n) is 4.10. The van der Waals surface area contributed by atoms with E-state index in [1.54, 1.807) is 6.92 Å². The lowest BCUT2D eigenvalue weighted by molar-refractivity contribution is -0.142. The van der Waals surface area contributed by atoms with Crippen molar-refractivity contribution in [1.82, 2.24) is 10.6 Å². The zero-order valence-electron chi connectivity index (χ0n) is 9.63. The van der Waals surface area contributed by atoms with Gasteiger partial charge >= 0.3 is 5.97 Å². The van der Waals surface area contributed by atoms with Crippen LogP contribution in [0, 0.1) is 0 Å². The number of nitrogens with one attached hydrogen (secondary N) is 2. The fourth-order valence-electron chi connectivity index (χ4n) is 1.55. The molecule has 1 rings (SSSR count). The van der Waals surface area contributed by atoms with E-state index in [2.05, 4.69) is 10.6 Å². The Labute approximate surface area is 90.5 Å². The van der Waals surface area contributed by atoms with Crippen LogP contribution >= 0.6 is 0 Å². The minimum Gasteiger partial charge on any atom is -0.465 e. The summed E-state index contributed by atoms with van der Waals surface area (Å²) < 4.78 is 10.3. The van der Waals surface area contributed by atoms with Gasteiger partial charge in [0.05, 0.1) is 19.8 Å². The maximum Gasteiger partial charge on any atom is 0.319 e. The standard InChI is InChI=1S/C10H20N2O3/c1-4-14-9(13)6-11-5-8-7-15-10(2,3)12-8/h8,11-12H,4-7H2,1-3H3/t8-/m1/s1. The van der Waals surface area contributed by atoms with Crippen LogP contribution < -0.4 is 10.6 Å². The van der Waals surface area contributed by atoms with E-state index < -0.39 is 0 Å². The first kappa shape index (κ1) is 12.4. The Morgan fingerprint density at radius 2 is 2.40 bits per heavy atom. The molecule has 1 heterocycles. The van der Waals surface area contributed by atoms with Crippen molar-refractivity contribution in [2.75, 3.05) is 26.3 Å². The Hall–Kier alpha value is -0.650. The predicted molar refractivity (Wildman–Crippen MR) is 56.5 cm³/mol. The van der Waals surface area contributed by atoms with Crippen molar-refractivity contribution in [2.24, 2.45) is 0 Å². The molecule has 5 nitrogen and oxygen atoms in total. The van der Waals surface area contributed by atoms with Crippen LogP contribution in [-0.4, -0.2) is 44.0 Å². The summed E-state index contributed by atoms with van der Waals surface area (Å²) in [5.74, 6) is -0.212. The quantitative estimate of drug-likeness (QED) is 0.627. The van der Waals surface area contributed by atoms with Crippen LogP contribution in [0.15, 0.2) is 0 Å². The summed E-state index contributed by atoms with van der Waals surface area (Å²) in [6.07, 6.45) is 0. The molecule has 88 valence electrons. The van der Waals surface area contributed by atoms with E-state index >= 15 is 0 Å². The van der Waals surface area contributed by atoms with Gasteiger partial charge < -0.3 is 14.8 Å². The van der Waals surface area contributed by atoms with Crippen molar-refractivity contribution < 1.29 is 14.3 Å². The van der Waals surface area contributed by atoms with Gasteiger partial charge in [0.25, 0.3) is 0 Å². The van der Waals surface area contributed by atoms with Gasteiger partial charge in [-0.15, -0.1) is 0 Å². The number of ether oxygens (including phenoxy) is 2. The second kappa shape index (κ2) is 5.44. The molecule has 1 saturated heterocycles. The van der Waals surface area contributed by atoms with Crippen molar-refractivity contribution >= 4 is 5.97 Å². The van der Waals surface area contributed by atoms with E-state index in [1.807, 2.05) is 13.8 Å². The average molecular weight is 216 g/mol. The number of carbonyl (C=O) groups excluding carboxylic acids is 1. The lowest BCUT2D eigenvalue weighted by Crippen LogP contribution is -2.44. The Morgan fingerprint density at radius 1 is 1.67 bits per heavy atom. The first-order chi connectivity index (χ1) is 7.03. The smallest absolute Gasteiger partial charge is 0.319 e. The number of esters is 1. The van der Waals surface area contributed by atoms with Gasteiger partial charge in [0, 0.05) is 12.6 Å². The summed E-state index contributed by atoms with van der Waals surface area (Å²) >= 11 is 0. The van der Waals surface area contributed by atoms with Crippen LogP contribution in [0.4, 0.5) is 0 Å². The molecule has 0 aromatic rings. The van der Waals surface area contributed by atoms with Crippen molar-refractivity contribution in [3.8, 4) is 0 Å². The molecule has 0 radical (unpaired) electrons. The van der Waals surface area contributed by atoms with Gasteiger partial charge in [-0.05, 0) is 20.8 Å². The van der Waals surface area contributed by atoms with Gasteiger partial charge in [0.1, 0.15) is 5.72 Å². The highest BCUT2D eigenvalue weighted by Gasteiger charge is 2.30. The molecule has 5 heteroatoms. The third-order valence-electron chi connectivity index (χ3n) is 2.16. The minimum atomic E-state index is -0.254. The molecular formula is C10H20N2O3. The molecule has 15 heavy (non-hydrogen) atoms. The maximum atomic E-state index is 11.0. The van der Waals surface area contributed by atoms with Crippen LogP contribution in [0.3, 0.4) is 0 Å². The second-order valence-corrected chi connectivity index (χ2v) is 4.10. The van der Waals surface area contributed by atoms with E-state index in [0.717, 1.165) is 0 Å². The molecule has 0 aliphatic carbocycles. The van der Waals surface area contributed by atoms with Crippen LogP contribution in [0.1, 0.15) is 20.8 Å². The first-order valence-corrected chi connectivity index (χ1v) is 5.31. The van der Waals surface area contributed by atoms with E-state index in [4.69, 9.17) is 9.47 Å². The molecule has 2 N–H and O–H groups in total. The largest absolute Gasteiger partial charge is 0.465 e. The molecule has 0 spiro atoms. The number of rotatable bonds is 5. The Morgan fingerprint density at radius 3 is 2.93 bits per heavy atom. The van der Waals surface area contributed by atoms with Gasteiger partial charge in [-0.3, -0.25) is 10.1 Å². The Kier molecular flexibility index (Phi) is 4.50. The third kappa shape index (κ3) is 4.59. The molecule has 1 aliphatic rings. The zero-order chi connectivity index (χ0) is 11.3. The van der Waals surface area contributed by atoms with Gasteiger partial charge in [0.2, 0.25) is 0 Å². The fraction of sp³-hybridized carbons (Fsp3) is 0.900. The molecule has 1 aliphatic heterocycles. The topological polar surface area (TPSA) is 59.6 Å². The van der Waals surface area contributed by atoms with Crippen molar-refractivity contribution in [2.45, 2.75) is 32.5 Å². The SMILES string of the molecule is CCOC(=O)CNC[C@@H]1COC(C)(C)N1. The molecule has 1 atom stereocenters. The fourth-order valence-corrected chi connectivity index (χ4v) is 1.55. The summed E-state index contributed by atoms with van der Waals surface area (Å²) in [6.45, 7) is 7.83. The zero-order valence-corrected chi connectivity index (χ0v) is 9.63. The maximum absolute atomic E-state index is 11.0. The van der Waals surface area contributed by atoms with E-state index in [9.17, 15) is 4.79 Å². The van der Waals surface area contributed by atoms with Crippen molar-refractivity contribution in [3.63, 3.8) is 0 Å². The molecule has 1 fully saturated rings. The number of hydrogen-bond donors (Lipinski definition) is 2. The van der Waals surface area contributed by atoms with Crippen molar-refractivity contribution in [3.05, 3.63) is 0 Å². The predicted octanol–water partition coefficient (Wildman–Crippen LogP) is -0.136. The van der Waals surface area contributed by atoms with Gasteiger partial charge in [-0.25, -0.2) is 0 Å². The molecule has 0 aromatic carbocycles. The highest BCUT2D eigenvalue weighted by Crippen LogP contribution is 2.13.